The molecule has 0 saturated heterocycles. The molecule has 0 aliphatic heterocycles. The molecule has 0 aromatic carbocycles. The molecule has 1 saturated carbocycles. The number of amides is 1. The van der Waals surface area contributed by atoms with Gasteiger partial charge >= 0.3 is 6.09 Å². The van der Waals surface area contributed by atoms with Crippen LogP contribution in [0.15, 0.2) is 6.20 Å². The molecule has 1 aromatic rings. The molecular weight excluding hydrogens is 280 g/mol. The number of hydrogen-bond donors (Lipinski definition) is 3. The van der Waals surface area contributed by atoms with Crippen molar-refractivity contribution in [2.24, 2.45) is 5.41 Å². The van der Waals surface area contributed by atoms with Crippen LogP contribution in [0.3, 0.4) is 0 Å². The average Bonchev–Trinajstić information content (AvgIpc) is 2.90. The lowest BCUT2D eigenvalue weighted by Gasteiger charge is -2.28. The molecule has 22 heavy (non-hydrogen) atoms. The quantitative estimate of drug-likeness (QED) is 0.796. The summed E-state index contributed by atoms with van der Waals surface area (Å²) in [7, 11) is 0. The van der Waals surface area contributed by atoms with Gasteiger partial charge in [0.25, 0.3) is 0 Å². The molecule has 1 amide bonds. The van der Waals surface area contributed by atoms with E-state index in [1.165, 1.54) is 19.3 Å². The second-order valence-corrected chi connectivity index (χ2v) is 7.71. The smallest absolute Gasteiger partial charge is 0.413 e. The third-order valence-electron chi connectivity index (χ3n) is 4.14. The van der Waals surface area contributed by atoms with Gasteiger partial charge in [-0.3, -0.25) is 10.4 Å². The van der Waals surface area contributed by atoms with E-state index in [0.717, 1.165) is 5.56 Å². The van der Waals surface area contributed by atoms with E-state index in [4.69, 9.17) is 4.74 Å². The monoisotopic (exact) mass is 308 g/mol. The maximum absolute atomic E-state index is 11.8. The van der Waals surface area contributed by atoms with Crippen molar-refractivity contribution >= 4 is 11.9 Å². The number of carbonyl (C=O) groups excluding carboxylic acids is 1. The summed E-state index contributed by atoms with van der Waals surface area (Å²) >= 11 is 0. The first-order valence-electron chi connectivity index (χ1n) is 7.93. The Hall–Kier alpha value is -1.56. The molecule has 1 fully saturated rings. The van der Waals surface area contributed by atoms with Gasteiger partial charge in [0.1, 0.15) is 11.4 Å². The minimum Gasteiger partial charge on any atom is -0.444 e. The van der Waals surface area contributed by atoms with Crippen LogP contribution in [0, 0.1) is 5.41 Å². The first-order valence-corrected chi connectivity index (χ1v) is 7.93. The zero-order chi connectivity index (χ0) is 16.4. The summed E-state index contributed by atoms with van der Waals surface area (Å²) in [5.74, 6) is 0.595. The number of aromatic amines is 1. The van der Waals surface area contributed by atoms with Crippen molar-refractivity contribution in [3.05, 3.63) is 11.8 Å². The standard InChI is InChI=1S/C16H28N4O2/c1-15(2,3)22-14(21)19-13-11(10-18-20-13)9-17-12-7-6-8-16(12,4)5/h10,12,17H,6-9H2,1-5H3,(H2,18,19,20,21). The number of anilines is 1. The second kappa shape index (κ2) is 6.28. The highest BCUT2D eigenvalue weighted by Gasteiger charge is 2.34. The fourth-order valence-electron chi connectivity index (χ4n) is 2.90. The number of aromatic nitrogens is 2. The Bertz CT molecular complexity index is 516. The van der Waals surface area contributed by atoms with Crippen LogP contribution in [0.5, 0.6) is 0 Å². The van der Waals surface area contributed by atoms with Gasteiger partial charge in [-0.1, -0.05) is 20.3 Å². The van der Waals surface area contributed by atoms with Gasteiger partial charge in [0, 0.05) is 18.2 Å². The molecule has 124 valence electrons. The van der Waals surface area contributed by atoms with Gasteiger partial charge in [-0.25, -0.2) is 4.79 Å². The van der Waals surface area contributed by atoms with Crippen LogP contribution in [-0.4, -0.2) is 27.9 Å². The van der Waals surface area contributed by atoms with Crippen LogP contribution in [0.4, 0.5) is 10.6 Å². The molecular formula is C16H28N4O2. The van der Waals surface area contributed by atoms with E-state index in [0.29, 0.717) is 23.8 Å². The van der Waals surface area contributed by atoms with E-state index in [2.05, 4.69) is 34.7 Å². The zero-order valence-corrected chi connectivity index (χ0v) is 14.2. The number of H-pyrrole nitrogens is 1. The van der Waals surface area contributed by atoms with Crippen molar-refractivity contribution in [2.75, 3.05) is 5.32 Å². The van der Waals surface area contributed by atoms with E-state index in [-0.39, 0.29) is 0 Å². The van der Waals surface area contributed by atoms with E-state index in [1.54, 1.807) is 6.20 Å². The SMILES string of the molecule is CC(C)(C)OC(=O)Nc1[nH]ncc1CNC1CCCC1(C)C. The minimum absolute atomic E-state index is 0.322. The highest BCUT2D eigenvalue weighted by atomic mass is 16.6. The normalized spacial score (nSPS) is 20.9. The van der Waals surface area contributed by atoms with E-state index >= 15 is 0 Å². The van der Waals surface area contributed by atoms with Crippen LogP contribution in [-0.2, 0) is 11.3 Å². The highest BCUT2D eigenvalue weighted by Crippen LogP contribution is 2.37. The van der Waals surface area contributed by atoms with Crippen molar-refractivity contribution in [3.8, 4) is 0 Å². The fraction of sp³-hybridized carbons (Fsp3) is 0.750. The second-order valence-electron chi connectivity index (χ2n) is 7.71. The van der Waals surface area contributed by atoms with Crippen LogP contribution in [0.2, 0.25) is 0 Å². The molecule has 0 radical (unpaired) electrons. The van der Waals surface area contributed by atoms with E-state index in [9.17, 15) is 4.79 Å². The van der Waals surface area contributed by atoms with Crippen LogP contribution < -0.4 is 10.6 Å². The average molecular weight is 308 g/mol. The number of carbonyl (C=O) groups is 1. The summed E-state index contributed by atoms with van der Waals surface area (Å²) in [6.45, 7) is 10.8. The summed E-state index contributed by atoms with van der Waals surface area (Å²) in [5.41, 5.74) is 0.743. The van der Waals surface area contributed by atoms with Gasteiger partial charge in [-0.05, 0) is 39.0 Å². The molecule has 1 aromatic heterocycles. The molecule has 0 bridgehead atoms. The van der Waals surface area contributed by atoms with Crippen molar-refractivity contribution < 1.29 is 9.53 Å². The van der Waals surface area contributed by atoms with Crippen molar-refractivity contribution in [1.82, 2.24) is 15.5 Å². The fourth-order valence-corrected chi connectivity index (χ4v) is 2.90. The zero-order valence-electron chi connectivity index (χ0n) is 14.2. The van der Waals surface area contributed by atoms with Crippen LogP contribution in [0.25, 0.3) is 0 Å². The Balaban J connectivity index is 1.91. The number of hydrogen-bond acceptors (Lipinski definition) is 4. The number of nitrogens with zero attached hydrogens (tertiary/aromatic N) is 1. The molecule has 1 atom stereocenters. The van der Waals surface area contributed by atoms with Gasteiger partial charge in [0.2, 0.25) is 0 Å². The Morgan fingerprint density at radius 2 is 2.23 bits per heavy atom. The van der Waals surface area contributed by atoms with E-state index in [1.807, 2.05) is 20.8 Å². The first kappa shape index (κ1) is 16.8. The maximum Gasteiger partial charge on any atom is 0.413 e. The molecule has 6 heteroatoms. The Kier molecular flexibility index (Phi) is 4.80. The summed E-state index contributed by atoms with van der Waals surface area (Å²) < 4.78 is 5.26. The van der Waals surface area contributed by atoms with Crippen molar-refractivity contribution in [1.29, 1.82) is 0 Å². The summed E-state index contributed by atoms with van der Waals surface area (Å²) in [6.07, 6.45) is 4.97. The Morgan fingerprint density at radius 3 is 2.82 bits per heavy atom. The summed E-state index contributed by atoms with van der Waals surface area (Å²) in [4.78, 5) is 11.8. The highest BCUT2D eigenvalue weighted by molar-refractivity contribution is 5.84. The molecule has 6 nitrogen and oxygen atoms in total. The van der Waals surface area contributed by atoms with Gasteiger partial charge in [-0.2, -0.15) is 5.10 Å². The predicted molar refractivity (Wildman–Crippen MR) is 86.7 cm³/mol. The molecule has 1 unspecified atom stereocenters. The van der Waals surface area contributed by atoms with Crippen LogP contribution in [0.1, 0.15) is 59.4 Å². The topological polar surface area (TPSA) is 79.0 Å². The third-order valence-corrected chi connectivity index (χ3v) is 4.14. The lowest BCUT2D eigenvalue weighted by atomic mass is 9.87. The lowest BCUT2D eigenvalue weighted by Crippen LogP contribution is -2.37. The molecule has 1 aliphatic carbocycles. The number of ether oxygens (including phenoxy) is 1. The summed E-state index contributed by atoms with van der Waals surface area (Å²) in [5, 5.41) is 13.1. The molecule has 1 aliphatic rings. The Labute approximate surface area is 132 Å². The molecule has 1 heterocycles. The van der Waals surface area contributed by atoms with E-state index < -0.39 is 11.7 Å². The van der Waals surface area contributed by atoms with Gasteiger partial charge in [0.05, 0.1) is 6.20 Å². The van der Waals surface area contributed by atoms with Crippen molar-refractivity contribution in [3.63, 3.8) is 0 Å². The minimum atomic E-state index is -0.517. The third kappa shape index (κ3) is 4.47. The van der Waals surface area contributed by atoms with Gasteiger partial charge in [0.15, 0.2) is 0 Å². The lowest BCUT2D eigenvalue weighted by molar-refractivity contribution is 0.0635. The van der Waals surface area contributed by atoms with Gasteiger partial charge in [-0.15, -0.1) is 0 Å². The molecule has 3 N–H and O–H groups in total. The Morgan fingerprint density at radius 1 is 1.50 bits per heavy atom. The molecule has 0 spiro atoms. The number of rotatable bonds is 4. The maximum atomic E-state index is 11.8. The first-order chi connectivity index (χ1) is 10.2. The van der Waals surface area contributed by atoms with Gasteiger partial charge < -0.3 is 10.1 Å². The largest absolute Gasteiger partial charge is 0.444 e. The van der Waals surface area contributed by atoms with Crippen molar-refractivity contribution in [2.45, 2.75) is 72.1 Å². The van der Waals surface area contributed by atoms with Crippen LogP contribution >= 0.6 is 0 Å². The molecule has 2 rings (SSSR count). The summed E-state index contributed by atoms with van der Waals surface area (Å²) in [6, 6.07) is 0.497. The number of nitrogens with one attached hydrogen (secondary N) is 3. The predicted octanol–water partition coefficient (Wildman–Crippen LogP) is 3.43.